The van der Waals surface area contributed by atoms with Crippen molar-refractivity contribution in [3.8, 4) is 5.88 Å². The Balaban J connectivity index is 2.88. The third-order valence-electron chi connectivity index (χ3n) is 1.19. The van der Waals surface area contributed by atoms with Crippen molar-refractivity contribution >= 4 is 5.91 Å². The molecule has 0 fully saturated rings. The Morgan fingerprint density at radius 1 is 1.83 bits per heavy atom. The number of hydrogen-bond acceptors (Lipinski definition) is 4. The van der Waals surface area contributed by atoms with Crippen molar-refractivity contribution in [2.75, 3.05) is 7.04 Å². The highest BCUT2D eigenvalue weighted by Gasteiger charge is 2.04. The van der Waals surface area contributed by atoms with Crippen molar-refractivity contribution in [1.82, 2.24) is 10.4 Å². The molecule has 1 rings (SSSR count). The summed E-state index contributed by atoms with van der Waals surface area (Å²) in [4.78, 5) is 14.7. The third-order valence-corrected chi connectivity index (χ3v) is 1.19. The van der Waals surface area contributed by atoms with E-state index in [4.69, 9.17) is 9.95 Å². The van der Waals surface area contributed by atoms with Crippen molar-refractivity contribution in [3.63, 3.8) is 0 Å². The molecular formula is C7H9N3O2. The van der Waals surface area contributed by atoms with Gasteiger partial charge < -0.3 is 4.74 Å². The Bertz CT molecular complexity index is 367. The highest BCUT2D eigenvalue weighted by Crippen LogP contribution is 2.05. The quantitative estimate of drug-likeness (QED) is 0.362. The molecule has 12 heavy (non-hydrogen) atoms. The molecule has 1 aromatic heterocycles. The molecule has 0 aromatic carbocycles. The van der Waals surface area contributed by atoms with Crippen LogP contribution in [0.3, 0.4) is 0 Å². The van der Waals surface area contributed by atoms with Crippen LogP contribution in [0, 0.1) is 0 Å². The van der Waals surface area contributed by atoms with Crippen LogP contribution in [0.4, 0.5) is 0 Å². The molecule has 1 amide bonds. The lowest BCUT2D eigenvalue weighted by molar-refractivity contribution is 0.0948. The maximum atomic E-state index is 11.0. The van der Waals surface area contributed by atoms with Crippen molar-refractivity contribution in [2.24, 2.45) is 5.84 Å². The number of nitrogens with two attached hydrogens (primary N) is 1. The van der Waals surface area contributed by atoms with Crippen LogP contribution in [0.25, 0.3) is 0 Å². The van der Waals surface area contributed by atoms with E-state index in [9.17, 15) is 4.79 Å². The predicted molar refractivity (Wildman–Crippen MR) is 42.4 cm³/mol. The number of nitrogens with zero attached hydrogens (tertiary/aromatic N) is 1. The molecular weight excluding hydrogens is 158 g/mol. The SMILES string of the molecule is [2H]C([2H])([2H])Oc1cccc(C(=O)NN)n1. The third kappa shape index (κ3) is 1.70. The van der Waals surface area contributed by atoms with Gasteiger partial charge in [-0.05, 0) is 6.07 Å². The topological polar surface area (TPSA) is 77.2 Å². The minimum Gasteiger partial charge on any atom is -0.481 e. The van der Waals surface area contributed by atoms with E-state index in [0.717, 1.165) is 0 Å². The monoisotopic (exact) mass is 170 g/mol. The van der Waals surface area contributed by atoms with Gasteiger partial charge in [0.25, 0.3) is 5.91 Å². The summed E-state index contributed by atoms with van der Waals surface area (Å²) in [5.41, 5.74) is 1.86. The summed E-state index contributed by atoms with van der Waals surface area (Å²) >= 11 is 0. The molecule has 5 heteroatoms. The molecule has 0 spiro atoms. The predicted octanol–water partition coefficient (Wildman–Crippen LogP) is -0.306. The van der Waals surface area contributed by atoms with Crippen LogP contribution in [-0.2, 0) is 0 Å². The van der Waals surface area contributed by atoms with Crippen molar-refractivity contribution in [2.45, 2.75) is 0 Å². The number of methoxy groups -OCH3 is 1. The van der Waals surface area contributed by atoms with Gasteiger partial charge in [0, 0.05) is 6.07 Å². The lowest BCUT2D eigenvalue weighted by Gasteiger charge is -2.00. The van der Waals surface area contributed by atoms with Crippen molar-refractivity contribution < 1.29 is 13.6 Å². The number of amides is 1. The highest BCUT2D eigenvalue weighted by atomic mass is 16.5. The van der Waals surface area contributed by atoms with E-state index in [2.05, 4.69) is 9.72 Å². The lowest BCUT2D eigenvalue weighted by Crippen LogP contribution is -2.30. The normalized spacial score (nSPS) is 13.9. The van der Waals surface area contributed by atoms with Gasteiger partial charge in [-0.3, -0.25) is 10.2 Å². The zero-order valence-electron chi connectivity index (χ0n) is 9.07. The molecule has 0 aliphatic rings. The van der Waals surface area contributed by atoms with Crippen molar-refractivity contribution in [1.29, 1.82) is 0 Å². The number of carbonyl (C=O) groups is 1. The molecule has 1 heterocycles. The minimum absolute atomic E-state index is 0.0146. The van der Waals surface area contributed by atoms with Crippen LogP contribution < -0.4 is 16.0 Å². The largest absolute Gasteiger partial charge is 0.481 e. The molecule has 5 nitrogen and oxygen atoms in total. The summed E-state index contributed by atoms with van der Waals surface area (Å²) in [6.07, 6.45) is 0. The minimum atomic E-state index is -2.59. The zero-order chi connectivity index (χ0) is 11.5. The maximum Gasteiger partial charge on any atom is 0.283 e. The second-order valence-electron chi connectivity index (χ2n) is 1.94. The summed E-state index contributed by atoms with van der Waals surface area (Å²) in [6, 6.07) is 4.16. The fourth-order valence-corrected chi connectivity index (χ4v) is 0.672. The van der Waals surface area contributed by atoms with Crippen LogP contribution >= 0.6 is 0 Å². The molecule has 0 atom stereocenters. The Morgan fingerprint density at radius 2 is 2.67 bits per heavy atom. The van der Waals surface area contributed by atoms with Crippen LogP contribution in [0.15, 0.2) is 18.2 Å². The maximum absolute atomic E-state index is 11.0. The van der Waals surface area contributed by atoms with Gasteiger partial charge in [0.1, 0.15) is 5.69 Å². The molecule has 0 aliphatic carbocycles. The molecule has 0 bridgehead atoms. The molecule has 0 aliphatic heterocycles. The summed E-state index contributed by atoms with van der Waals surface area (Å²) in [6.45, 7) is 0. The summed E-state index contributed by atoms with van der Waals surface area (Å²) < 4.78 is 25.0. The summed E-state index contributed by atoms with van der Waals surface area (Å²) in [5, 5.41) is 0. The van der Waals surface area contributed by atoms with Gasteiger partial charge >= 0.3 is 0 Å². The fraction of sp³-hybridized carbons (Fsp3) is 0.143. The van der Waals surface area contributed by atoms with E-state index < -0.39 is 12.9 Å². The number of carbonyl (C=O) groups excluding carboxylic acids is 1. The number of rotatable bonds is 2. The fourth-order valence-electron chi connectivity index (χ4n) is 0.672. The van der Waals surface area contributed by atoms with Gasteiger partial charge in [-0.25, -0.2) is 10.8 Å². The number of hydrogen-bond donors (Lipinski definition) is 2. The Kier molecular flexibility index (Phi) is 1.56. The van der Waals surface area contributed by atoms with Gasteiger partial charge in [0.15, 0.2) is 0 Å². The average molecular weight is 170 g/mol. The summed E-state index contributed by atoms with van der Waals surface area (Å²) in [5.74, 6) is 4.11. The van der Waals surface area contributed by atoms with Crippen molar-refractivity contribution in [3.05, 3.63) is 23.9 Å². The first kappa shape index (κ1) is 5.10. The van der Waals surface area contributed by atoms with Crippen LogP contribution in [0.1, 0.15) is 14.6 Å². The number of nitrogens with one attached hydrogen (secondary N) is 1. The molecule has 0 radical (unpaired) electrons. The summed E-state index contributed by atoms with van der Waals surface area (Å²) in [7, 11) is -2.59. The second-order valence-corrected chi connectivity index (χ2v) is 1.94. The number of hydrazine groups is 1. The first-order valence-corrected chi connectivity index (χ1v) is 3.09. The molecule has 0 saturated carbocycles. The number of nitrogen functional groups attached to an aromatic ring is 1. The van der Waals surface area contributed by atoms with Gasteiger partial charge in [-0.1, -0.05) is 6.07 Å². The van der Waals surface area contributed by atoms with E-state index in [1.54, 1.807) is 0 Å². The van der Waals surface area contributed by atoms with Crippen LogP contribution in [-0.4, -0.2) is 17.9 Å². The molecule has 3 N–H and O–H groups in total. The first-order chi connectivity index (χ1) is 6.92. The Morgan fingerprint density at radius 3 is 3.33 bits per heavy atom. The number of pyridine rings is 1. The van der Waals surface area contributed by atoms with Gasteiger partial charge in [-0.15, -0.1) is 0 Å². The molecule has 64 valence electrons. The van der Waals surface area contributed by atoms with Crippen LogP contribution in [0.5, 0.6) is 5.88 Å². The van der Waals surface area contributed by atoms with E-state index in [1.165, 1.54) is 18.2 Å². The Hall–Kier alpha value is -1.62. The standard InChI is InChI=1S/C7H9N3O2/c1-12-6-4-2-3-5(9-6)7(11)10-8/h2-4H,8H2,1H3,(H,10,11)/i1D3. The Labute approximate surface area is 73.7 Å². The zero-order valence-corrected chi connectivity index (χ0v) is 6.07. The number of ether oxygens (including phenoxy) is 1. The van der Waals surface area contributed by atoms with Gasteiger partial charge in [0.05, 0.1) is 11.2 Å². The average Bonchev–Trinajstić information content (AvgIpc) is 2.14. The highest BCUT2D eigenvalue weighted by molar-refractivity contribution is 5.91. The van der Waals surface area contributed by atoms with E-state index in [1.807, 2.05) is 5.43 Å². The lowest BCUT2D eigenvalue weighted by atomic mass is 10.3. The van der Waals surface area contributed by atoms with E-state index in [-0.39, 0.29) is 11.6 Å². The van der Waals surface area contributed by atoms with Gasteiger partial charge in [-0.2, -0.15) is 0 Å². The smallest absolute Gasteiger partial charge is 0.283 e. The van der Waals surface area contributed by atoms with E-state index in [0.29, 0.717) is 0 Å². The second kappa shape index (κ2) is 3.68. The first-order valence-electron chi connectivity index (χ1n) is 4.59. The number of aromatic nitrogens is 1. The molecule has 0 unspecified atom stereocenters. The molecule has 1 aromatic rings. The van der Waals surface area contributed by atoms with Gasteiger partial charge in [0.2, 0.25) is 5.88 Å². The molecule has 0 saturated heterocycles. The van der Waals surface area contributed by atoms with E-state index >= 15 is 0 Å². The van der Waals surface area contributed by atoms with Crippen LogP contribution in [0.2, 0.25) is 0 Å².